The molecule has 5 aromatic rings. The third-order valence-corrected chi connectivity index (χ3v) is 6.77. The molecule has 1 aromatic carbocycles. The molecule has 0 aliphatic rings. The van der Waals surface area contributed by atoms with Crippen LogP contribution in [-0.4, -0.2) is 29.9 Å². The van der Waals surface area contributed by atoms with E-state index in [-0.39, 0.29) is 0 Å². The van der Waals surface area contributed by atoms with Crippen molar-refractivity contribution in [3.8, 4) is 0 Å². The number of nitrogens with zero attached hydrogens (tertiary/aromatic N) is 5. The van der Waals surface area contributed by atoms with Crippen molar-refractivity contribution in [2.24, 2.45) is 7.05 Å². The molecular weight excluding hydrogens is 540 g/mol. The summed E-state index contributed by atoms with van der Waals surface area (Å²) >= 11 is 0. The topological polar surface area (TPSA) is 72.3 Å². The number of rotatable bonds is 5. The molecule has 4 aromatic heterocycles. The van der Waals surface area contributed by atoms with Gasteiger partial charge in [0.25, 0.3) is 0 Å². The summed E-state index contributed by atoms with van der Waals surface area (Å²) in [6.07, 6.45) is 15.1. The van der Waals surface area contributed by atoms with Crippen molar-refractivity contribution >= 4 is 0 Å². The van der Waals surface area contributed by atoms with Gasteiger partial charge in [0.15, 0.2) is 0 Å². The Morgan fingerprint density at radius 3 is 1.32 bits per heavy atom. The van der Waals surface area contributed by atoms with E-state index in [0.717, 1.165) is 0 Å². The second-order valence-electron chi connectivity index (χ2n) is 12.2. The Morgan fingerprint density at radius 2 is 1.02 bits per heavy atom. The maximum Gasteiger partial charge on any atom is 0.0524 e. The Hall–Kier alpha value is -4.06. The van der Waals surface area contributed by atoms with E-state index in [4.69, 9.17) is 0 Å². The lowest BCUT2D eigenvalue weighted by molar-refractivity contribution is 0.764. The van der Waals surface area contributed by atoms with E-state index in [1.165, 1.54) is 27.8 Å². The number of hydrogen-bond acceptors (Lipinski definition) is 4. The van der Waals surface area contributed by atoms with Gasteiger partial charge in [-0.2, -0.15) is 10.2 Å². The fourth-order valence-corrected chi connectivity index (χ4v) is 3.62. The molecule has 0 fully saturated rings. The minimum atomic E-state index is 0.591. The predicted octanol–water partition coefficient (Wildman–Crippen LogP) is 10.3. The molecule has 0 amide bonds. The van der Waals surface area contributed by atoms with Crippen molar-refractivity contribution in [3.63, 3.8) is 0 Å². The maximum atomic E-state index is 4.05. The third-order valence-electron chi connectivity index (χ3n) is 6.77. The van der Waals surface area contributed by atoms with E-state index in [0.29, 0.717) is 29.6 Å². The summed E-state index contributed by atoms with van der Waals surface area (Å²) in [7, 11) is 1.94. The van der Waals surface area contributed by atoms with Crippen LogP contribution < -0.4 is 0 Å². The van der Waals surface area contributed by atoms with E-state index in [2.05, 4.69) is 125 Å². The summed E-state index contributed by atoms with van der Waals surface area (Å²) in [5.41, 5.74) is 6.64. The molecule has 0 saturated carbocycles. The summed E-state index contributed by atoms with van der Waals surface area (Å²) < 4.78 is 1.83. The number of hydrogen-bond donors (Lipinski definition) is 1. The first-order chi connectivity index (χ1) is 20.9. The van der Waals surface area contributed by atoms with E-state index < -0.39 is 0 Å². The van der Waals surface area contributed by atoms with Gasteiger partial charge in [-0.1, -0.05) is 106 Å². The Bertz CT molecular complexity index is 1220. The molecule has 0 atom stereocenters. The first kappa shape index (κ1) is 38.0. The van der Waals surface area contributed by atoms with Crippen LogP contribution in [0.2, 0.25) is 0 Å². The van der Waals surface area contributed by atoms with Crippen LogP contribution in [0, 0.1) is 0 Å². The van der Waals surface area contributed by atoms with Crippen molar-refractivity contribution in [2.75, 3.05) is 0 Å². The highest BCUT2D eigenvalue weighted by Gasteiger charge is 1.99. The highest BCUT2D eigenvalue weighted by Crippen LogP contribution is 2.13. The normalized spacial score (nSPS) is 10.3. The molecule has 0 radical (unpaired) electrons. The van der Waals surface area contributed by atoms with Gasteiger partial charge in [-0.25, -0.2) is 0 Å². The quantitative estimate of drug-likeness (QED) is 0.219. The molecule has 0 spiro atoms. The van der Waals surface area contributed by atoms with E-state index in [1.807, 2.05) is 79.4 Å². The summed E-state index contributed by atoms with van der Waals surface area (Å²) in [5.74, 6) is 3.06. The van der Waals surface area contributed by atoms with Crippen molar-refractivity contribution in [2.45, 2.75) is 98.8 Å². The lowest BCUT2D eigenvalue weighted by atomic mass is 10.0. The van der Waals surface area contributed by atoms with Crippen LogP contribution in [0.15, 0.2) is 104 Å². The number of H-pyrrole nitrogens is 1. The molecule has 44 heavy (non-hydrogen) atoms. The van der Waals surface area contributed by atoms with Gasteiger partial charge < -0.3 is 0 Å². The van der Waals surface area contributed by atoms with Crippen molar-refractivity contribution in [1.82, 2.24) is 29.9 Å². The van der Waals surface area contributed by atoms with Gasteiger partial charge in [0.05, 0.1) is 12.4 Å². The van der Waals surface area contributed by atoms with Crippen LogP contribution in [0.1, 0.15) is 127 Å². The van der Waals surface area contributed by atoms with Crippen molar-refractivity contribution in [3.05, 3.63) is 132 Å². The van der Waals surface area contributed by atoms with Crippen LogP contribution in [0.4, 0.5) is 0 Å². The molecule has 0 saturated heterocycles. The molecule has 6 nitrogen and oxygen atoms in total. The number of benzene rings is 1. The molecule has 0 aliphatic carbocycles. The highest BCUT2D eigenvalue weighted by molar-refractivity contribution is 5.17. The van der Waals surface area contributed by atoms with Crippen LogP contribution in [-0.2, 0) is 7.05 Å². The van der Waals surface area contributed by atoms with Gasteiger partial charge in [-0.3, -0.25) is 19.7 Å². The Morgan fingerprint density at radius 1 is 0.500 bits per heavy atom. The highest BCUT2D eigenvalue weighted by atomic mass is 15.2. The van der Waals surface area contributed by atoms with Gasteiger partial charge in [0.2, 0.25) is 0 Å². The van der Waals surface area contributed by atoms with Crippen molar-refractivity contribution < 1.29 is 0 Å². The van der Waals surface area contributed by atoms with Gasteiger partial charge in [0.1, 0.15) is 0 Å². The lowest BCUT2D eigenvalue weighted by Crippen LogP contribution is -1.85. The van der Waals surface area contributed by atoms with E-state index in [1.54, 1.807) is 6.20 Å². The zero-order valence-corrected chi connectivity index (χ0v) is 28.9. The van der Waals surface area contributed by atoms with Gasteiger partial charge in [-0.05, 0) is 75.6 Å². The molecular formula is C38H56N6. The standard InChI is InChI=1S/C9H12.2C8H11N.C7H12N2.C6H10N2/c1-8(2)9-6-4-3-5-7-9;1-7(2)8-3-5-9-6-4-8;1-7(2)8-4-3-5-9-6-8;1-6(2)7-4-8-9(3)5-7;1-5(2)6-3-7-8-4-6/h3-8H,1-2H3;2*3-7H,1-2H3;4-6H,1-3H3;3-5H,1-2H3,(H,7,8). The largest absolute Gasteiger partial charge is 0.285 e. The smallest absolute Gasteiger partial charge is 0.0524 e. The first-order valence-corrected chi connectivity index (χ1v) is 15.7. The zero-order chi connectivity index (χ0) is 32.9. The average Bonchev–Trinajstić information content (AvgIpc) is 3.73. The number of pyridine rings is 2. The summed E-state index contributed by atoms with van der Waals surface area (Å²) in [4.78, 5) is 7.93. The maximum absolute atomic E-state index is 4.05. The number of aromatic amines is 1. The predicted molar refractivity (Wildman–Crippen MR) is 187 cm³/mol. The number of nitrogens with one attached hydrogen (secondary N) is 1. The summed E-state index contributed by atoms with van der Waals surface area (Å²) in [6.45, 7) is 21.7. The number of aryl methyl sites for hydroxylation is 1. The second kappa shape index (κ2) is 21.6. The monoisotopic (exact) mass is 596 g/mol. The molecule has 0 aliphatic heterocycles. The Kier molecular flexibility index (Phi) is 18.6. The summed E-state index contributed by atoms with van der Waals surface area (Å²) in [6, 6.07) is 18.7. The first-order valence-electron chi connectivity index (χ1n) is 15.7. The van der Waals surface area contributed by atoms with Crippen molar-refractivity contribution in [1.29, 1.82) is 0 Å². The lowest BCUT2D eigenvalue weighted by Gasteiger charge is -2.01. The van der Waals surface area contributed by atoms with Crippen LogP contribution in [0.25, 0.3) is 0 Å². The number of aromatic nitrogens is 6. The Labute approximate surface area is 267 Å². The fraction of sp³-hybridized carbons (Fsp3) is 0.421. The fourth-order valence-electron chi connectivity index (χ4n) is 3.62. The molecule has 6 heteroatoms. The van der Waals surface area contributed by atoms with Crippen LogP contribution in [0.3, 0.4) is 0 Å². The molecule has 238 valence electrons. The van der Waals surface area contributed by atoms with Crippen LogP contribution in [0.5, 0.6) is 0 Å². The third kappa shape index (κ3) is 16.5. The molecule has 0 bridgehead atoms. The van der Waals surface area contributed by atoms with E-state index in [9.17, 15) is 0 Å². The summed E-state index contributed by atoms with van der Waals surface area (Å²) in [5, 5.41) is 10.6. The molecule has 0 unspecified atom stereocenters. The van der Waals surface area contributed by atoms with Gasteiger partial charge in [-0.15, -0.1) is 0 Å². The Balaban J connectivity index is 0.000000275. The van der Waals surface area contributed by atoms with Gasteiger partial charge >= 0.3 is 0 Å². The van der Waals surface area contributed by atoms with E-state index >= 15 is 0 Å². The second-order valence-corrected chi connectivity index (χ2v) is 12.2. The SMILES string of the molecule is CC(C)c1ccccc1.CC(C)c1cccnc1.CC(C)c1ccncc1.CC(C)c1cn[nH]c1.CC(C)c1cnn(C)c1. The molecule has 5 rings (SSSR count). The molecule has 4 heterocycles. The average molecular weight is 597 g/mol. The zero-order valence-electron chi connectivity index (χ0n) is 28.9. The molecule has 1 N–H and O–H groups in total. The minimum Gasteiger partial charge on any atom is -0.285 e. The van der Waals surface area contributed by atoms with Crippen LogP contribution >= 0.6 is 0 Å². The minimum absolute atomic E-state index is 0.591. The van der Waals surface area contributed by atoms with Gasteiger partial charge in [0, 0.05) is 44.2 Å².